The van der Waals surface area contributed by atoms with Crippen LogP contribution in [0.25, 0.3) is 0 Å². The molecule has 1 aromatic heterocycles. The maximum absolute atomic E-state index is 12.8. The highest BCUT2D eigenvalue weighted by Crippen LogP contribution is 2.31. The standard InChI is InChI=1S/C12H17F3N4O/c1-3-16-8-6-9(18-10(17-8)12(13,14)15)19-5-4-11(2,20)7-19/h6,20H,3-5,7H2,1-2H3,(H,16,17,18). The molecule has 0 bridgehead atoms. The van der Waals surface area contributed by atoms with E-state index < -0.39 is 17.6 Å². The van der Waals surface area contributed by atoms with Gasteiger partial charge in [0.25, 0.3) is 0 Å². The SMILES string of the molecule is CCNc1cc(N2CCC(C)(O)C2)nc(C(F)(F)F)n1. The van der Waals surface area contributed by atoms with E-state index >= 15 is 0 Å². The molecule has 0 radical (unpaired) electrons. The Balaban J connectivity index is 2.35. The van der Waals surface area contributed by atoms with Gasteiger partial charge in [-0.3, -0.25) is 0 Å². The number of nitrogens with one attached hydrogen (secondary N) is 1. The maximum Gasteiger partial charge on any atom is 0.451 e. The molecular formula is C12H17F3N4O. The van der Waals surface area contributed by atoms with Gasteiger partial charge < -0.3 is 15.3 Å². The molecule has 1 unspecified atom stereocenters. The molecule has 2 N–H and O–H groups in total. The van der Waals surface area contributed by atoms with Gasteiger partial charge in [0.05, 0.1) is 5.60 Å². The number of aromatic nitrogens is 2. The molecule has 0 aromatic carbocycles. The first kappa shape index (κ1) is 14.8. The van der Waals surface area contributed by atoms with E-state index in [1.807, 2.05) is 0 Å². The van der Waals surface area contributed by atoms with Crippen molar-refractivity contribution in [2.24, 2.45) is 0 Å². The number of aliphatic hydroxyl groups is 1. The van der Waals surface area contributed by atoms with Crippen LogP contribution in [0.4, 0.5) is 24.8 Å². The molecule has 1 atom stereocenters. The van der Waals surface area contributed by atoms with E-state index in [1.165, 1.54) is 6.07 Å². The van der Waals surface area contributed by atoms with Gasteiger partial charge in [-0.15, -0.1) is 0 Å². The normalized spacial score (nSPS) is 23.2. The van der Waals surface area contributed by atoms with E-state index in [4.69, 9.17) is 0 Å². The van der Waals surface area contributed by atoms with Crippen molar-refractivity contribution in [3.05, 3.63) is 11.9 Å². The number of β-amino-alcohol motifs (C(OH)–C–C–N with tert-alkyl or cyclic N) is 1. The first-order chi connectivity index (χ1) is 9.21. The molecule has 0 amide bonds. The minimum Gasteiger partial charge on any atom is -0.388 e. The van der Waals surface area contributed by atoms with E-state index in [0.717, 1.165) is 0 Å². The van der Waals surface area contributed by atoms with Crippen molar-refractivity contribution in [1.29, 1.82) is 0 Å². The maximum atomic E-state index is 12.8. The highest BCUT2D eigenvalue weighted by atomic mass is 19.4. The second-order valence-corrected chi connectivity index (χ2v) is 5.13. The molecule has 0 spiro atoms. The summed E-state index contributed by atoms with van der Waals surface area (Å²) in [6.07, 6.45) is -4.10. The van der Waals surface area contributed by atoms with Crippen LogP contribution in [0, 0.1) is 0 Å². The molecule has 1 fully saturated rings. The van der Waals surface area contributed by atoms with Crippen molar-refractivity contribution in [3.8, 4) is 0 Å². The van der Waals surface area contributed by atoms with E-state index in [2.05, 4.69) is 15.3 Å². The molecule has 1 aliphatic rings. The molecule has 2 heterocycles. The number of alkyl halides is 3. The molecule has 112 valence electrons. The van der Waals surface area contributed by atoms with Crippen molar-refractivity contribution in [3.63, 3.8) is 0 Å². The van der Waals surface area contributed by atoms with Crippen molar-refractivity contribution >= 4 is 11.6 Å². The van der Waals surface area contributed by atoms with Crippen LogP contribution in [0.5, 0.6) is 0 Å². The van der Waals surface area contributed by atoms with Crippen LogP contribution >= 0.6 is 0 Å². The van der Waals surface area contributed by atoms with Crippen molar-refractivity contribution < 1.29 is 18.3 Å². The third-order valence-electron chi connectivity index (χ3n) is 3.10. The molecule has 0 saturated carbocycles. The van der Waals surface area contributed by atoms with Gasteiger partial charge in [0.2, 0.25) is 5.82 Å². The lowest BCUT2D eigenvalue weighted by atomic mass is 10.1. The quantitative estimate of drug-likeness (QED) is 0.890. The third-order valence-corrected chi connectivity index (χ3v) is 3.10. The minimum atomic E-state index is -4.59. The summed E-state index contributed by atoms with van der Waals surface area (Å²) in [6, 6.07) is 1.47. The Morgan fingerprint density at radius 3 is 2.65 bits per heavy atom. The lowest BCUT2D eigenvalue weighted by Gasteiger charge is -2.21. The Morgan fingerprint density at radius 2 is 2.15 bits per heavy atom. The lowest BCUT2D eigenvalue weighted by Crippen LogP contribution is -2.30. The summed E-state index contributed by atoms with van der Waals surface area (Å²) in [7, 11) is 0. The predicted octanol–water partition coefficient (Wildman–Crippen LogP) is 1.89. The summed E-state index contributed by atoms with van der Waals surface area (Å²) < 4.78 is 38.4. The fourth-order valence-corrected chi connectivity index (χ4v) is 2.14. The van der Waals surface area contributed by atoms with E-state index in [0.29, 0.717) is 19.5 Å². The number of rotatable bonds is 3. The van der Waals surface area contributed by atoms with Gasteiger partial charge in [-0.1, -0.05) is 0 Å². The van der Waals surface area contributed by atoms with Gasteiger partial charge in [0.1, 0.15) is 11.6 Å². The predicted molar refractivity (Wildman–Crippen MR) is 68.7 cm³/mol. The molecule has 2 rings (SSSR count). The summed E-state index contributed by atoms with van der Waals surface area (Å²) in [4.78, 5) is 8.68. The monoisotopic (exact) mass is 290 g/mol. The fraction of sp³-hybridized carbons (Fsp3) is 0.667. The molecule has 0 aliphatic carbocycles. The minimum absolute atomic E-state index is 0.136. The van der Waals surface area contributed by atoms with Crippen LogP contribution in [-0.4, -0.2) is 40.3 Å². The van der Waals surface area contributed by atoms with Gasteiger partial charge >= 0.3 is 6.18 Å². The van der Waals surface area contributed by atoms with E-state index in [-0.39, 0.29) is 18.2 Å². The average Bonchev–Trinajstić information content (AvgIpc) is 2.69. The number of hydrogen-bond donors (Lipinski definition) is 2. The second kappa shape index (κ2) is 5.08. The van der Waals surface area contributed by atoms with Gasteiger partial charge in [-0.25, -0.2) is 9.97 Å². The first-order valence-electron chi connectivity index (χ1n) is 6.39. The van der Waals surface area contributed by atoms with Gasteiger partial charge in [-0.05, 0) is 20.3 Å². The number of nitrogens with zero attached hydrogens (tertiary/aromatic N) is 3. The topological polar surface area (TPSA) is 61.3 Å². The Kier molecular flexibility index (Phi) is 3.77. The molecule has 8 heteroatoms. The van der Waals surface area contributed by atoms with Crippen LogP contribution in [0.15, 0.2) is 6.07 Å². The highest BCUT2D eigenvalue weighted by molar-refractivity contribution is 5.50. The van der Waals surface area contributed by atoms with E-state index in [1.54, 1.807) is 18.7 Å². The third kappa shape index (κ3) is 3.30. The Morgan fingerprint density at radius 1 is 1.45 bits per heavy atom. The Hall–Kier alpha value is -1.57. The molecule has 20 heavy (non-hydrogen) atoms. The molecule has 1 saturated heterocycles. The molecule has 1 aliphatic heterocycles. The largest absolute Gasteiger partial charge is 0.451 e. The van der Waals surface area contributed by atoms with E-state index in [9.17, 15) is 18.3 Å². The van der Waals surface area contributed by atoms with Crippen molar-refractivity contribution in [1.82, 2.24) is 9.97 Å². The van der Waals surface area contributed by atoms with Crippen LogP contribution in [0.3, 0.4) is 0 Å². The lowest BCUT2D eigenvalue weighted by molar-refractivity contribution is -0.144. The zero-order valence-electron chi connectivity index (χ0n) is 11.3. The summed E-state index contributed by atoms with van der Waals surface area (Å²) in [6.45, 7) is 4.62. The van der Waals surface area contributed by atoms with Crippen LogP contribution in [0.1, 0.15) is 26.1 Å². The van der Waals surface area contributed by atoms with Crippen molar-refractivity contribution in [2.45, 2.75) is 32.0 Å². The zero-order valence-corrected chi connectivity index (χ0v) is 11.3. The summed E-state index contributed by atoms with van der Waals surface area (Å²) >= 11 is 0. The summed E-state index contributed by atoms with van der Waals surface area (Å²) in [5.74, 6) is -0.852. The summed E-state index contributed by atoms with van der Waals surface area (Å²) in [5, 5.41) is 12.7. The number of anilines is 2. The smallest absolute Gasteiger partial charge is 0.388 e. The zero-order chi connectivity index (χ0) is 15.0. The highest BCUT2D eigenvalue weighted by Gasteiger charge is 2.37. The first-order valence-corrected chi connectivity index (χ1v) is 6.39. The molecule has 1 aromatic rings. The molecular weight excluding hydrogens is 273 g/mol. The van der Waals surface area contributed by atoms with Gasteiger partial charge in [0.15, 0.2) is 0 Å². The van der Waals surface area contributed by atoms with Crippen LogP contribution in [0.2, 0.25) is 0 Å². The van der Waals surface area contributed by atoms with Crippen LogP contribution < -0.4 is 10.2 Å². The average molecular weight is 290 g/mol. The fourth-order valence-electron chi connectivity index (χ4n) is 2.14. The molecule has 5 nitrogen and oxygen atoms in total. The second-order valence-electron chi connectivity index (χ2n) is 5.13. The number of halogens is 3. The Labute approximate surface area is 114 Å². The van der Waals surface area contributed by atoms with Gasteiger partial charge in [-0.2, -0.15) is 13.2 Å². The summed E-state index contributed by atoms with van der Waals surface area (Å²) in [5.41, 5.74) is -0.901. The van der Waals surface area contributed by atoms with Crippen molar-refractivity contribution in [2.75, 3.05) is 29.9 Å². The Bertz CT molecular complexity index is 490. The van der Waals surface area contributed by atoms with Crippen LogP contribution in [-0.2, 0) is 6.18 Å². The number of hydrogen-bond acceptors (Lipinski definition) is 5. The van der Waals surface area contributed by atoms with Gasteiger partial charge in [0, 0.05) is 25.7 Å².